The Morgan fingerprint density at radius 1 is 1.15 bits per heavy atom. The molecule has 33 heavy (non-hydrogen) atoms. The van der Waals surface area contributed by atoms with Gasteiger partial charge in [0.15, 0.2) is 6.17 Å². The third-order valence-corrected chi connectivity index (χ3v) is 6.82. The highest BCUT2D eigenvalue weighted by Crippen LogP contribution is 2.42. The van der Waals surface area contributed by atoms with Gasteiger partial charge in [-0.1, -0.05) is 0 Å². The average Bonchev–Trinajstić information content (AvgIpc) is 3.44. The number of hydrogen-bond acceptors (Lipinski definition) is 5. The first-order valence-electron chi connectivity index (χ1n) is 10.5. The number of ether oxygens (including phenoxy) is 1. The number of nitrogens with zero attached hydrogens (tertiary/aromatic N) is 2. The number of alkyl halides is 6. The molecule has 1 aromatic rings. The van der Waals surface area contributed by atoms with E-state index < -0.39 is 47.5 Å². The first-order chi connectivity index (χ1) is 15.3. The second-order valence-corrected chi connectivity index (χ2v) is 8.87. The van der Waals surface area contributed by atoms with Crippen molar-refractivity contribution < 1.29 is 31.1 Å². The molecule has 3 aliphatic rings. The van der Waals surface area contributed by atoms with E-state index in [-0.39, 0.29) is 41.9 Å². The van der Waals surface area contributed by atoms with Gasteiger partial charge in [-0.05, 0) is 44.2 Å². The molecule has 1 aliphatic heterocycles. The Morgan fingerprint density at radius 3 is 2.33 bits per heavy atom. The summed E-state index contributed by atoms with van der Waals surface area (Å²) >= 11 is 0. The van der Waals surface area contributed by atoms with Gasteiger partial charge in [-0.3, -0.25) is 19.2 Å². The van der Waals surface area contributed by atoms with Crippen molar-refractivity contribution in [2.45, 2.75) is 62.6 Å². The first kappa shape index (κ1) is 23.9. The van der Waals surface area contributed by atoms with Gasteiger partial charge in [-0.15, -0.1) is 0 Å². The molecule has 1 aromatic heterocycles. The van der Waals surface area contributed by atoms with Gasteiger partial charge < -0.3 is 10.5 Å². The Bertz CT molecular complexity index is 1190. The van der Waals surface area contributed by atoms with E-state index in [4.69, 9.17) is 10.5 Å². The lowest BCUT2D eigenvalue weighted by Crippen LogP contribution is -2.62. The minimum atomic E-state index is -5.80. The lowest BCUT2D eigenvalue weighted by atomic mass is 9.92. The predicted molar refractivity (Wildman–Crippen MR) is 106 cm³/mol. The van der Waals surface area contributed by atoms with Crippen LogP contribution in [0.3, 0.4) is 0 Å². The number of methoxy groups -OCH3 is 1. The fourth-order valence-electron chi connectivity index (χ4n) is 5.01. The number of rotatable bonds is 5. The van der Waals surface area contributed by atoms with Crippen LogP contribution in [-0.4, -0.2) is 65.0 Å². The topological polar surface area (TPSA) is 93.3 Å². The van der Waals surface area contributed by atoms with Crippen LogP contribution in [0, 0.1) is 5.92 Å². The first-order valence-corrected chi connectivity index (χ1v) is 10.5. The van der Waals surface area contributed by atoms with E-state index in [2.05, 4.69) is 4.98 Å². The number of aromatic nitrogens is 2. The summed E-state index contributed by atoms with van der Waals surface area (Å²) in [6.07, 6.45) is -6.42. The van der Waals surface area contributed by atoms with Gasteiger partial charge in [-0.25, -0.2) is 9.18 Å². The van der Waals surface area contributed by atoms with E-state index in [0.717, 1.165) is 0 Å². The van der Waals surface area contributed by atoms with Gasteiger partial charge in [0.05, 0.1) is 24.5 Å². The molecule has 184 valence electrons. The van der Waals surface area contributed by atoms with E-state index >= 15 is 4.39 Å². The molecule has 1 saturated heterocycles. The molecule has 0 amide bonds. The summed E-state index contributed by atoms with van der Waals surface area (Å²) in [5.74, 6) is -6.65. The van der Waals surface area contributed by atoms with Crippen molar-refractivity contribution in [2.24, 2.45) is 11.7 Å². The number of nitrogens with two attached hydrogens (primary N) is 1. The molecule has 0 spiro atoms. The van der Waals surface area contributed by atoms with E-state index in [1.165, 1.54) is 23.5 Å². The second-order valence-electron chi connectivity index (χ2n) is 8.87. The molecule has 4 atom stereocenters. The van der Waals surface area contributed by atoms with E-state index in [1.54, 1.807) is 0 Å². The third kappa shape index (κ3) is 3.69. The highest BCUT2D eigenvalue weighted by molar-refractivity contribution is 5.60. The normalized spacial score (nSPS) is 27.6. The number of fused-ring (bicyclic) bond motifs is 1. The number of halogens is 6. The molecule has 4 unspecified atom stereocenters. The van der Waals surface area contributed by atoms with Crippen molar-refractivity contribution in [1.29, 1.82) is 0 Å². The summed E-state index contributed by atoms with van der Waals surface area (Å²) in [7, 11) is 1.17. The van der Waals surface area contributed by atoms with Crippen LogP contribution in [0.2, 0.25) is 0 Å². The summed E-state index contributed by atoms with van der Waals surface area (Å²) in [5.41, 5.74) is 4.17. The molecule has 1 saturated carbocycles. The Labute approximate surface area is 183 Å². The maximum atomic E-state index is 15.7. The fraction of sp³-hybridized carbons (Fsp3) is 0.700. The summed E-state index contributed by atoms with van der Waals surface area (Å²) < 4.78 is 88.2. The SMILES string of the molecule is COC1=c2c(=O)[nH]c(=O)n(C3CC3)c2=C(C)C(N2CCC(C(N)C(F)(F)C(F)(F)F)C2)C1F. The number of hydrogen-bond donors (Lipinski definition) is 2. The maximum absolute atomic E-state index is 15.7. The molecular formula is C20H24F6N4O3. The van der Waals surface area contributed by atoms with Gasteiger partial charge >= 0.3 is 17.8 Å². The van der Waals surface area contributed by atoms with Gasteiger partial charge in [0.1, 0.15) is 11.0 Å². The van der Waals surface area contributed by atoms with Crippen molar-refractivity contribution in [3.63, 3.8) is 0 Å². The van der Waals surface area contributed by atoms with Crippen molar-refractivity contribution in [3.05, 3.63) is 31.4 Å². The van der Waals surface area contributed by atoms with Crippen LogP contribution in [0.4, 0.5) is 26.3 Å². The Balaban J connectivity index is 1.78. The number of H-pyrrole nitrogens is 1. The van der Waals surface area contributed by atoms with Crippen LogP contribution in [-0.2, 0) is 4.74 Å². The maximum Gasteiger partial charge on any atom is 0.454 e. The number of nitrogens with one attached hydrogen (secondary N) is 1. The van der Waals surface area contributed by atoms with E-state index in [1.807, 2.05) is 0 Å². The molecule has 0 radical (unpaired) electrons. The summed E-state index contributed by atoms with van der Waals surface area (Å²) in [4.78, 5) is 28.7. The van der Waals surface area contributed by atoms with E-state index in [9.17, 15) is 31.5 Å². The summed E-state index contributed by atoms with van der Waals surface area (Å²) in [6, 6.07) is -3.79. The molecule has 2 heterocycles. The molecule has 13 heteroatoms. The number of aromatic amines is 1. The zero-order chi connectivity index (χ0) is 24.5. The smallest absolute Gasteiger partial charge is 0.454 e. The Morgan fingerprint density at radius 2 is 1.79 bits per heavy atom. The lowest BCUT2D eigenvalue weighted by Gasteiger charge is -2.35. The molecule has 3 N–H and O–H groups in total. The average molecular weight is 482 g/mol. The predicted octanol–water partition coefficient (Wildman–Crippen LogP) is 0.364. The van der Waals surface area contributed by atoms with Crippen molar-refractivity contribution >= 4 is 11.3 Å². The minimum Gasteiger partial charge on any atom is -0.497 e. The summed E-state index contributed by atoms with van der Waals surface area (Å²) in [6.45, 7) is 1.23. The van der Waals surface area contributed by atoms with E-state index in [0.29, 0.717) is 18.4 Å². The van der Waals surface area contributed by atoms with Crippen LogP contribution < -0.4 is 27.6 Å². The van der Waals surface area contributed by atoms with Crippen molar-refractivity contribution in [3.8, 4) is 0 Å². The highest BCUT2D eigenvalue weighted by Gasteiger charge is 2.63. The van der Waals surface area contributed by atoms with Crippen molar-refractivity contribution in [1.82, 2.24) is 14.5 Å². The third-order valence-electron chi connectivity index (χ3n) is 6.82. The molecule has 7 nitrogen and oxygen atoms in total. The molecule has 0 aromatic carbocycles. The Hall–Kier alpha value is -2.28. The molecule has 2 aliphatic carbocycles. The second kappa shape index (κ2) is 7.90. The van der Waals surface area contributed by atoms with Crippen LogP contribution in [0.25, 0.3) is 11.3 Å². The number of likely N-dealkylation sites (tertiary alicyclic amines) is 1. The largest absolute Gasteiger partial charge is 0.497 e. The van der Waals surface area contributed by atoms with Gasteiger partial charge in [0.25, 0.3) is 5.56 Å². The van der Waals surface area contributed by atoms with Gasteiger partial charge in [0.2, 0.25) is 0 Å². The van der Waals surface area contributed by atoms with Gasteiger partial charge in [-0.2, -0.15) is 22.0 Å². The van der Waals surface area contributed by atoms with Crippen LogP contribution in [0.1, 0.15) is 32.2 Å². The van der Waals surface area contributed by atoms with Crippen molar-refractivity contribution in [2.75, 3.05) is 20.2 Å². The minimum absolute atomic E-state index is 0.0118. The highest BCUT2D eigenvalue weighted by atomic mass is 19.4. The lowest BCUT2D eigenvalue weighted by molar-refractivity contribution is -0.293. The molecule has 2 fully saturated rings. The molecule has 4 rings (SSSR count). The van der Waals surface area contributed by atoms with Crippen LogP contribution in [0.5, 0.6) is 0 Å². The fourth-order valence-corrected chi connectivity index (χ4v) is 5.01. The molecular weight excluding hydrogens is 458 g/mol. The monoisotopic (exact) mass is 482 g/mol. The van der Waals surface area contributed by atoms with Crippen LogP contribution >= 0.6 is 0 Å². The zero-order valence-electron chi connectivity index (χ0n) is 17.9. The zero-order valence-corrected chi connectivity index (χ0v) is 17.9. The van der Waals surface area contributed by atoms with Gasteiger partial charge in [0, 0.05) is 12.6 Å². The summed E-state index contributed by atoms with van der Waals surface area (Å²) in [5, 5.41) is 0.0941. The molecule has 0 bridgehead atoms. The van der Waals surface area contributed by atoms with Crippen LogP contribution in [0.15, 0.2) is 9.59 Å². The quantitative estimate of drug-likeness (QED) is 0.592. The Kier molecular flexibility index (Phi) is 5.71. The standard InChI is InChI=1S/C20H24F6N4O3/c1-8-13-11(17(31)28-18(32)30(13)10-3-4-10)15(33-2)12(21)14(8)29-6-5-9(7-29)16(27)19(22,23)20(24,25)26/h9-10,12,14,16H,3-7,27H2,1-2H3,(H,28,31,32).